The van der Waals surface area contributed by atoms with Gasteiger partial charge in [0, 0.05) is 36.1 Å². The van der Waals surface area contributed by atoms with E-state index in [0.29, 0.717) is 23.7 Å². The zero-order valence-electron chi connectivity index (χ0n) is 11.9. The lowest BCUT2D eigenvalue weighted by molar-refractivity contribution is -0.159. The van der Waals surface area contributed by atoms with E-state index in [9.17, 15) is 4.39 Å². The number of carbonyl (C=O) groups is 2. The van der Waals surface area contributed by atoms with Gasteiger partial charge in [0.2, 0.25) is 0 Å². The van der Waals surface area contributed by atoms with Crippen molar-refractivity contribution in [3.05, 3.63) is 64.7 Å². The summed E-state index contributed by atoms with van der Waals surface area (Å²) in [6.07, 6.45) is 3.49. The normalized spacial score (nSPS) is 9.65. The Hall–Kier alpha value is -2.51. The SMILES string of the molecule is Fc1cccc(Cl)c1CNCc1cccnc1.O=C(O)C(=O)O. The maximum absolute atomic E-state index is 13.4. The van der Waals surface area contributed by atoms with Crippen LogP contribution in [0, 0.1) is 5.82 Å². The third kappa shape index (κ3) is 6.86. The summed E-state index contributed by atoms with van der Waals surface area (Å²) in [5.74, 6) is -3.93. The molecule has 1 heterocycles. The van der Waals surface area contributed by atoms with Gasteiger partial charge in [-0.3, -0.25) is 4.98 Å². The summed E-state index contributed by atoms with van der Waals surface area (Å²) < 4.78 is 13.4. The van der Waals surface area contributed by atoms with Gasteiger partial charge in [-0.1, -0.05) is 23.7 Å². The molecular weight excluding hydrogens is 327 g/mol. The second kappa shape index (κ2) is 9.50. The summed E-state index contributed by atoms with van der Waals surface area (Å²) in [6, 6.07) is 8.52. The van der Waals surface area contributed by atoms with E-state index in [-0.39, 0.29) is 5.82 Å². The molecule has 0 saturated carbocycles. The average Bonchev–Trinajstić information content (AvgIpc) is 2.52. The smallest absolute Gasteiger partial charge is 0.414 e. The number of nitrogens with zero attached hydrogens (tertiary/aromatic N) is 1. The van der Waals surface area contributed by atoms with E-state index in [4.69, 9.17) is 31.4 Å². The van der Waals surface area contributed by atoms with Crippen molar-refractivity contribution in [2.75, 3.05) is 0 Å². The molecule has 0 unspecified atom stereocenters. The van der Waals surface area contributed by atoms with Crippen LogP contribution in [-0.2, 0) is 22.7 Å². The van der Waals surface area contributed by atoms with Crippen LogP contribution in [0.2, 0.25) is 5.02 Å². The number of hydrogen-bond acceptors (Lipinski definition) is 4. The van der Waals surface area contributed by atoms with Gasteiger partial charge in [-0.25, -0.2) is 14.0 Å². The van der Waals surface area contributed by atoms with Gasteiger partial charge in [0.05, 0.1) is 0 Å². The van der Waals surface area contributed by atoms with Gasteiger partial charge in [0.1, 0.15) is 5.82 Å². The molecule has 0 spiro atoms. The van der Waals surface area contributed by atoms with E-state index in [2.05, 4.69) is 10.3 Å². The minimum absolute atomic E-state index is 0.281. The fourth-order valence-electron chi connectivity index (χ4n) is 1.54. The summed E-state index contributed by atoms with van der Waals surface area (Å²) in [5, 5.41) is 18.4. The number of halogens is 2. The fraction of sp³-hybridized carbons (Fsp3) is 0.133. The van der Waals surface area contributed by atoms with Gasteiger partial charge in [0.15, 0.2) is 0 Å². The quantitative estimate of drug-likeness (QED) is 0.739. The molecule has 0 saturated heterocycles. The number of hydrogen-bond donors (Lipinski definition) is 3. The van der Waals surface area contributed by atoms with Crippen molar-refractivity contribution >= 4 is 23.5 Å². The Morgan fingerprint density at radius 2 is 1.83 bits per heavy atom. The third-order valence-corrected chi connectivity index (χ3v) is 2.95. The summed E-state index contributed by atoms with van der Waals surface area (Å²) in [5.41, 5.74) is 1.55. The second-order valence-electron chi connectivity index (χ2n) is 4.28. The molecular formula is C15H14ClFN2O4. The minimum atomic E-state index is -1.82. The Bertz CT molecular complexity index is 636. The number of rotatable bonds is 4. The molecule has 122 valence electrons. The van der Waals surface area contributed by atoms with Crippen LogP contribution in [-0.4, -0.2) is 27.1 Å². The number of benzene rings is 1. The van der Waals surface area contributed by atoms with Gasteiger partial charge >= 0.3 is 11.9 Å². The molecule has 2 rings (SSSR count). The van der Waals surface area contributed by atoms with E-state index >= 15 is 0 Å². The van der Waals surface area contributed by atoms with Crippen LogP contribution < -0.4 is 5.32 Å². The molecule has 6 nitrogen and oxygen atoms in total. The predicted molar refractivity (Wildman–Crippen MR) is 81.5 cm³/mol. The number of carboxylic acid groups (broad SMARTS) is 2. The highest BCUT2D eigenvalue weighted by Gasteiger charge is 2.05. The van der Waals surface area contributed by atoms with Crippen molar-refractivity contribution in [3.8, 4) is 0 Å². The molecule has 23 heavy (non-hydrogen) atoms. The topological polar surface area (TPSA) is 99.5 Å². The molecule has 0 radical (unpaired) electrons. The molecule has 1 aromatic carbocycles. The first-order valence-electron chi connectivity index (χ1n) is 6.40. The standard InChI is InChI=1S/C13H12ClFN2.C2H2O4/c14-12-4-1-5-13(15)11(12)9-17-8-10-3-2-6-16-7-10;3-1(4)2(5)6/h1-7,17H,8-9H2;(H,3,4)(H,5,6). The maximum Gasteiger partial charge on any atom is 0.414 e. The van der Waals surface area contributed by atoms with Crippen LogP contribution in [0.4, 0.5) is 4.39 Å². The van der Waals surface area contributed by atoms with Crippen molar-refractivity contribution in [2.45, 2.75) is 13.1 Å². The molecule has 1 aromatic heterocycles. The summed E-state index contributed by atoms with van der Waals surface area (Å²) in [6.45, 7) is 1.04. The zero-order chi connectivity index (χ0) is 17.2. The Morgan fingerprint density at radius 1 is 1.13 bits per heavy atom. The first-order chi connectivity index (χ1) is 10.9. The van der Waals surface area contributed by atoms with Gasteiger partial charge in [0.25, 0.3) is 0 Å². The highest BCUT2D eigenvalue weighted by molar-refractivity contribution is 6.31. The van der Waals surface area contributed by atoms with Crippen LogP contribution >= 0.6 is 11.6 Å². The van der Waals surface area contributed by atoms with Gasteiger partial charge in [-0.05, 0) is 23.8 Å². The molecule has 0 atom stereocenters. The lowest BCUT2D eigenvalue weighted by Crippen LogP contribution is -2.14. The molecule has 0 aliphatic carbocycles. The number of aliphatic carboxylic acids is 2. The van der Waals surface area contributed by atoms with Gasteiger partial charge < -0.3 is 15.5 Å². The highest BCUT2D eigenvalue weighted by Crippen LogP contribution is 2.18. The Labute approximate surface area is 136 Å². The number of pyridine rings is 1. The fourth-order valence-corrected chi connectivity index (χ4v) is 1.77. The second-order valence-corrected chi connectivity index (χ2v) is 4.68. The summed E-state index contributed by atoms with van der Waals surface area (Å²) in [7, 11) is 0. The molecule has 0 aliphatic heterocycles. The Morgan fingerprint density at radius 3 is 2.35 bits per heavy atom. The predicted octanol–water partition coefficient (Wildman–Crippen LogP) is 2.32. The molecule has 0 fully saturated rings. The molecule has 3 N–H and O–H groups in total. The maximum atomic E-state index is 13.4. The van der Waals surface area contributed by atoms with Crippen molar-refractivity contribution in [2.24, 2.45) is 0 Å². The zero-order valence-corrected chi connectivity index (χ0v) is 12.6. The van der Waals surface area contributed by atoms with Crippen molar-refractivity contribution in [1.82, 2.24) is 10.3 Å². The molecule has 0 bridgehead atoms. The highest BCUT2D eigenvalue weighted by atomic mass is 35.5. The van der Waals surface area contributed by atoms with E-state index < -0.39 is 11.9 Å². The largest absolute Gasteiger partial charge is 0.473 e. The van der Waals surface area contributed by atoms with E-state index in [1.807, 2.05) is 12.1 Å². The minimum Gasteiger partial charge on any atom is -0.473 e. The molecule has 2 aromatic rings. The van der Waals surface area contributed by atoms with Crippen molar-refractivity contribution < 1.29 is 24.2 Å². The van der Waals surface area contributed by atoms with Crippen molar-refractivity contribution in [1.29, 1.82) is 0 Å². The molecule has 0 aliphatic rings. The Balaban J connectivity index is 0.000000379. The van der Waals surface area contributed by atoms with Crippen LogP contribution in [0.5, 0.6) is 0 Å². The van der Waals surface area contributed by atoms with Crippen LogP contribution in [0.25, 0.3) is 0 Å². The first kappa shape index (κ1) is 18.5. The van der Waals surface area contributed by atoms with E-state index in [1.54, 1.807) is 24.5 Å². The number of nitrogens with one attached hydrogen (secondary N) is 1. The lowest BCUT2D eigenvalue weighted by Gasteiger charge is -2.07. The average molecular weight is 341 g/mol. The van der Waals surface area contributed by atoms with Crippen LogP contribution in [0.15, 0.2) is 42.7 Å². The van der Waals surface area contributed by atoms with Crippen LogP contribution in [0.3, 0.4) is 0 Å². The molecule has 8 heteroatoms. The van der Waals surface area contributed by atoms with E-state index in [0.717, 1.165) is 5.56 Å². The summed E-state index contributed by atoms with van der Waals surface area (Å²) >= 11 is 5.92. The monoisotopic (exact) mass is 340 g/mol. The summed E-state index contributed by atoms with van der Waals surface area (Å²) in [4.78, 5) is 22.2. The van der Waals surface area contributed by atoms with Gasteiger partial charge in [-0.2, -0.15) is 0 Å². The van der Waals surface area contributed by atoms with Gasteiger partial charge in [-0.15, -0.1) is 0 Å². The third-order valence-electron chi connectivity index (χ3n) is 2.60. The van der Waals surface area contributed by atoms with Crippen molar-refractivity contribution in [3.63, 3.8) is 0 Å². The number of aromatic nitrogens is 1. The van der Waals surface area contributed by atoms with E-state index in [1.165, 1.54) is 6.07 Å². The Kier molecular flexibility index (Phi) is 7.65. The lowest BCUT2D eigenvalue weighted by atomic mass is 10.2. The van der Waals surface area contributed by atoms with Crippen LogP contribution in [0.1, 0.15) is 11.1 Å². The first-order valence-corrected chi connectivity index (χ1v) is 6.78. The number of carboxylic acids is 2. The molecule has 0 amide bonds.